The summed E-state index contributed by atoms with van der Waals surface area (Å²) in [7, 11) is 0. The van der Waals surface area contributed by atoms with Gasteiger partial charge >= 0.3 is 5.97 Å². The van der Waals surface area contributed by atoms with Crippen molar-refractivity contribution in [1.82, 2.24) is 9.38 Å². The van der Waals surface area contributed by atoms with Crippen molar-refractivity contribution in [3.63, 3.8) is 0 Å². The van der Waals surface area contributed by atoms with Gasteiger partial charge in [-0.3, -0.25) is 4.40 Å². The fourth-order valence-corrected chi connectivity index (χ4v) is 4.10. The van der Waals surface area contributed by atoms with Crippen LogP contribution in [-0.4, -0.2) is 20.5 Å². The Morgan fingerprint density at radius 2 is 1.96 bits per heavy atom. The van der Waals surface area contributed by atoms with Gasteiger partial charge in [-0.15, -0.1) is 0 Å². The molecule has 0 saturated heterocycles. The third-order valence-corrected chi connectivity index (χ3v) is 5.40. The summed E-state index contributed by atoms with van der Waals surface area (Å²) in [6.45, 7) is 8.44. The van der Waals surface area contributed by atoms with Gasteiger partial charge in [-0.05, 0) is 24.8 Å². The van der Waals surface area contributed by atoms with Crippen molar-refractivity contribution >= 4 is 22.3 Å². The van der Waals surface area contributed by atoms with Gasteiger partial charge in [0.15, 0.2) is 4.96 Å². The minimum absolute atomic E-state index is 0.407. The zero-order valence-corrected chi connectivity index (χ0v) is 15.3. The number of benzene rings is 1. The second-order valence-corrected chi connectivity index (χ2v) is 7.35. The van der Waals surface area contributed by atoms with Crippen molar-refractivity contribution in [2.45, 2.75) is 46.5 Å². The number of imidazole rings is 1. The molecule has 0 unspecified atom stereocenters. The van der Waals surface area contributed by atoms with E-state index in [9.17, 15) is 9.90 Å². The number of aromatic nitrogens is 2. The number of nitrogens with zero attached hydrogens (tertiary/aromatic N) is 2. The second-order valence-electron chi connectivity index (χ2n) is 6.37. The van der Waals surface area contributed by atoms with Crippen LogP contribution in [-0.2, 0) is 6.42 Å². The Morgan fingerprint density at radius 1 is 1.29 bits per heavy atom. The fourth-order valence-electron chi connectivity index (χ4n) is 3.04. The highest BCUT2D eigenvalue weighted by Gasteiger charge is 2.22. The van der Waals surface area contributed by atoms with Crippen LogP contribution in [0.1, 0.15) is 59.7 Å². The molecule has 4 nitrogen and oxygen atoms in total. The van der Waals surface area contributed by atoms with Crippen LogP contribution in [0, 0.1) is 6.92 Å². The van der Waals surface area contributed by atoms with Gasteiger partial charge in [0, 0.05) is 17.0 Å². The molecule has 126 valence electrons. The van der Waals surface area contributed by atoms with E-state index in [-0.39, 0.29) is 0 Å². The van der Waals surface area contributed by atoms with Gasteiger partial charge in [-0.25, -0.2) is 9.78 Å². The van der Waals surface area contributed by atoms with Gasteiger partial charge in [0.1, 0.15) is 4.88 Å². The Balaban J connectivity index is 2.13. The standard InChI is InChI=1S/C19H22N2O2S/c1-5-6-15-17(18(22)23)24-19-20-16(12(4)21(15)19)14-9-7-13(8-10-14)11(2)3/h7-11H,5-6H2,1-4H3,(H,22,23). The summed E-state index contributed by atoms with van der Waals surface area (Å²) in [5.74, 6) is -0.365. The third kappa shape index (κ3) is 2.73. The van der Waals surface area contributed by atoms with E-state index in [0.29, 0.717) is 10.8 Å². The Labute approximate surface area is 145 Å². The van der Waals surface area contributed by atoms with E-state index in [1.807, 2.05) is 11.3 Å². The van der Waals surface area contributed by atoms with E-state index in [2.05, 4.69) is 45.0 Å². The first-order valence-corrected chi connectivity index (χ1v) is 9.10. The normalized spacial score (nSPS) is 11.5. The summed E-state index contributed by atoms with van der Waals surface area (Å²) >= 11 is 1.26. The maximum absolute atomic E-state index is 11.5. The summed E-state index contributed by atoms with van der Waals surface area (Å²) < 4.78 is 2.02. The lowest BCUT2D eigenvalue weighted by Crippen LogP contribution is -2.02. The maximum Gasteiger partial charge on any atom is 0.347 e. The number of hydrogen-bond acceptors (Lipinski definition) is 3. The molecule has 3 aromatic rings. The number of carboxylic acids is 1. The van der Waals surface area contributed by atoms with Crippen LogP contribution in [0.15, 0.2) is 24.3 Å². The molecule has 0 fully saturated rings. The van der Waals surface area contributed by atoms with Crippen molar-refractivity contribution in [2.75, 3.05) is 0 Å². The SMILES string of the molecule is CCCc1c(C(=O)O)sc2nc(-c3ccc(C(C)C)cc3)c(C)n12. The van der Waals surface area contributed by atoms with E-state index < -0.39 is 5.97 Å². The van der Waals surface area contributed by atoms with Gasteiger partial charge in [-0.2, -0.15) is 0 Å². The van der Waals surface area contributed by atoms with Gasteiger partial charge in [-0.1, -0.05) is 62.8 Å². The number of aromatic carboxylic acids is 1. The Morgan fingerprint density at radius 3 is 2.50 bits per heavy atom. The van der Waals surface area contributed by atoms with E-state index in [1.165, 1.54) is 16.9 Å². The van der Waals surface area contributed by atoms with Crippen LogP contribution in [0.5, 0.6) is 0 Å². The lowest BCUT2D eigenvalue weighted by Gasteiger charge is -2.07. The summed E-state index contributed by atoms with van der Waals surface area (Å²) in [5, 5.41) is 9.44. The minimum Gasteiger partial charge on any atom is -0.477 e. The van der Waals surface area contributed by atoms with Crippen LogP contribution in [0.25, 0.3) is 16.2 Å². The van der Waals surface area contributed by atoms with Crippen LogP contribution < -0.4 is 0 Å². The minimum atomic E-state index is -0.865. The summed E-state index contributed by atoms with van der Waals surface area (Å²) in [4.78, 5) is 17.4. The zero-order valence-electron chi connectivity index (χ0n) is 14.5. The number of fused-ring (bicyclic) bond motifs is 1. The first-order chi connectivity index (χ1) is 11.4. The van der Waals surface area contributed by atoms with Crippen molar-refractivity contribution in [3.8, 4) is 11.3 Å². The summed E-state index contributed by atoms with van der Waals surface area (Å²) in [6, 6.07) is 8.49. The molecule has 0 radical (unpaired) electrons. The molecule has 0 spiro atoms. The largest absolute Gasteiger partial charge is 0.477 e. The molecule has 24 heavy (non-hydrogen) atoms. The molecule has 1 N–H and O–H groups in total. The second kappa shape index (κ2) is 6.40. The van der Waals surface area contributed by atoms with Crippen LogP contribution in [0.4, 0.5) is 0 Å². The van der Waals surface area contributed by atoms with Gasteiger partial charge in [0.05, 0.1) is 5.69 Å². The molecule has 0 amide bonds. The summed E-state index contributed by atoms with van der Waals surface area (Å²) in [5.41, 5.74) is 5.18. The number of hydrogen-bond donors (Lipinski definition) is 1. The third-order valence-electron chi connectivity index (χ3n) is 4.33. The first-order valence-electron chi connectivity index (χ1n) is 8.28. The average molecular weight is 342 g/mol. The monoisotopic (exact) mass is 342 g/mol. The Kier molecular flexibility index (Phi) is 4.45. The van der Waals surface area contributed by atoms with Gasteiger partial charge in [0.25, 0.3) is 0 Å². The molecule has 0 aliphatic heterocycles. The highest BCUT2D eigenvalue weighted by molar-refractivity contribution is 7.19. The van der Waals surface area contributed by atoms with E-state index in [4.69, 9.17) is 4.98 Å². The predicted octanol–water partition coefficient (Wildman–Crippen LogP) is 5.15. The van der Waals surface area contributed by atoms with Crippen molar-refractivity contribution in [3.05, 3.63) is 46.1 Å². The molecule has 0 saturated carbocycles. The number of thiazole rings is 1. The lowest BCUT2D eigenvalue weighted by atomic mass is 10.0. The zero-order chi connectivity index (χ0) is 17.4. The van der Waals surface area contributed by atoms with E-state index >= 15 is 0 Å². The Hall–Kier alpha value is -2.14. The van der Waals surface area contributed by atoms with E-state index in [1.54, 1.807) is 0 Å². The average Bonchev–Trinajstić information content (AvgIpc) is 3.06. The van der Waals surface area contributed by atoms with E-state index in [0.717, 1.165) is 40.4 Å². The molecule has 0 bridgehead atoms. The number of rotatable bonds is 5. The van der Waals surface area contributed by atoms with Crippen molar-refractivity contribution in [1.29, 1.82) is 0 Å². The summed E-state index contributed by atoms with van der Waals surface area (Å²) in [6.07, 6.45) is 1.65. The fraction of sp³-hybridized carbons (Fsp3) is 0.368. The predicted molar refractivity (Wildman–Crippen MR) is 98.3 cm³/mol. The highest BCUT2D eigenvalue weighted by atomic mass is 32.1. The lowest BCUT2D eigenvalue weighted by molar-refractivity contribution is 0.0700. The quantitative estimate of drug-likeness (QED) is 0.698. The topological polar surface area (TPSA) is 54.6 Å². The number of carboxylic acid groups (broad SMARTS) is 1. The molecule has 3 rings (SSSR count). The van der Waals surface area contributed by atoms with Crippen molar-refractivity contribution in [2.24, 2.45) is 0 Å². The van der Waals surface area contributed by atoms with Crippen molar-refractivity contribution < 1.29 is 9.90 Å². The van der Waals surface area contributed by atoms with Crippen LogP contribution in [0.3, 0.4) is 0 Å². The molecule has 5 heteroatoms. The van der Waals surface area contributed by atoms with Gasteiger partial charge < -0.3 is 5.11 Å². The molecular weight excluding hydrogens is 320 g/mol. The van der Waals surface area contributed by atoms with Crippen LogP contribution in [0.2, 0.25) is 0 Å². The maximum atomic E-state index is 11.5. The molecule has 0 aliphatic carbocycles. The van der Waals surface area contributed by atoms with Gasteiger partial charge in [0.2, 0.25) is 0 Å². The molecular formula is C19H22N2O2S. The first kappa shape index (κ1) is 16.7. The smallest absolute Gasteiger partial charge is 0.347 e. The van der Waals surface area contributed by atoms with Crippen LogP contribution >= 0.6 is 11.3 Å². The highest BCUT2D eigenvalue weighted by Crippen LogP contribution is 2.32. The number of aryl methyl sites for hydroxylation is 2. The molecule has 0 atom stereocenters. The molecule has 2 heterocycles. The Bertz CT molecular complexity index is 888. The molecule has 1 aromatic carbocycles. The molecule has 0 aliphatic rings. The number of carbonyl (C=O) groups is 1. The molecule has 2 aromatic heterocycles.